The minimum absolute atomic E-state index is 0. The van der Waals surface area contributed by atoms with Crippen LogP contribution in [0, 0.1) is 0 Å². The first-order chi connectivity index (χ1) is 5.79. The van der Waals surface area contributed by atoms with Crippen molar-refractivity contribution in [3.63, 3.8) is 0 Å². The van der Waals surface area contributed by atoms with Gasteiger partial charge in [0.15, 0.2) is 0 Å². The Labute approximate surface area is 82.4 Å². The predicted octanol–water partition coefficient (Wildman–Crippen LogP) is 2.55. The van der Waals surface area contributed by atoms with Crippen LogP contribution in [0.4, 0.5) is 5.69 Å². The van der Waals surface area contributed by atoms with Crippen molar-refractivity contribution < 1.29 is 5.11 Å². The molecule has 0 aliphatic heterocycles. The molecule has 0 fully saturated rings. The zero-order valence-electron chi connectivity index (χ0n) is 6.90. The second-order valence-electron chi connectivity index (χ2n) is 2.72. The van der Waals surface area contributed by atoms with E-state index in [1.54, 1.807) is 18.2 Å². The molecule has 0 radical (unpaired) electrons. The third-order valence-corrected chi connectivity index (χ3v) is 1.91. The Hall–Kier alpha value is -1.41. The number of phenols is 1. The molecule has 0 heterocycles. The monoisotopic (exact) mass is 195 g/mol. The molecule has 3 heteroatoms. The van der Waals surface area contributed by atoms with Crippen molar-refractivity contribution in [1.82, 2.24) is 0 Å². The molecule has 2 nitrogen and oxygen atoms in total. The van der Waals surface area contributed by atoms with Gasteiger partial charge < -0.3 is 10.8 Å². The van der Waals surface area contributed by atoms with Crippen molar-refractivity contribution in [2.45, 2.75) is 0 Å². The molecule has 68 valence electrons. The average Bonchev–Trinajstić information content (AvgIpc) is 2.04. The Balaban J connectivity index is 0.000000845. The number of benzene rings is 2. The second kappa shape index (κ2) is 3.54. The topological polar surface area (TPSA) is 46.2 Å². The van der Waals surface area contributed by atoms with Gasteiger partial charge in [-0.15, -0.1) is 12.4 Å². The zero-order valence-corrected chi connectivity index (χ0v) is 7.71. The van der Waals surface area contributed by atoms with Crippen LogP contribution < -0.4 is 5.73 Å². The van der Waals surface area contributed by atoms with Gasteiger partial charge in [-0.25, -0.2) is 0 Å². The van der Waals surface area contributed by atoms with Crippen LogP contribution in [0.15, 0.2) is 36.4 Å². The van der Waals surface area contributed by atoms with Gasteiger partial charge in [0.1, 0.15) is 5.75 Å². The van der Waals surface area contributed by atoms with E-state index in [9.17, 15) is 5.11 Å². The summed E-state index contributed by atoms with van der Waals surface area (Å²) in [5, 5.41) is 11.2. The Bertz CT molecular complexity index is 391. The third kappa shape index (κ3) is 1.53. The molecule has 0 saturated carbocycles. The molecule has 13 heavy (non-hydrogen) atoms. The van der Waals surface area contributed by atoms with E-state index in [-0.39, 0.29) is 18.2 Å². The van der Waals surface area contributed by atoms with Crippen molar-refractivity contribution in [2.75, 3.05) is 5.73 Å². The van der Waals surface area contributed by atoms with E-state index in [2.05, 4.69) is 0 Å². The molecule has 0 bridgehead atoms. The average molecular weight is 196 g/mol. The number of fused-ring (bicyclic) bond motifs is 1. The van der Waals surface area contributed by atoms with Gasteiger partial charge in [-0.2, -0.15) is 0 Å². The molecule has 0 unspecified atom stereocenters. The van der Waals surface area contributed by atoms with E-state index in [0.29, 0.717) is 5.69 Å². The SMILES string of the molecule is Cl.Nc1cccc2cccc(O)c12. The van der Waals surface area contributed by atoms with Crippen LogP contribution in [0.1, 0.15) is 0 Å². The van der Waals surface area contributed by atoms with E-state index in [1.807, 2.05) is 18.2 Å². The number of halogens is 1. The number of hydrogen-bond donors (Lipinski definition) is 2. The standard InChI is InChI=1S/C10H9NO.ClH/c11-8-5-1-3-7-4-2-6-9(12)10(7)8;/h1-6,12H,11H2;1H. The summed E-state index contributed by atoms with van der Waals surface area (Å²) >= 11 is 0. The number of rotatable bonds is 0. The number of hydrogen-bond acceptors (Lipinski definition) is 2. The van der Waals surface area contributed by atoms with Gasteiger partial charge >= 0.3 is 0 Å². The third-order valence-electron chi connectivity index (χ3n) is 1.91. The van der Waals surface area contributed by atoms with Crippen molar-refractivity contribution >= 4 is 28.9 Å². The van der Waals surface area contributed by atoms with Crippen LogP contribution in [-0.4, -0.2) is 5.11 Å². The summed E-state index contributed by atoms with van der Waals surface area (Å²) < 4.78 is 0. The maximum absolute atomic E-state index is 9.47. The molecule has 0 aliphatic carbocycles. The van der Waals surface area contributed by atoms with Crippen LogP contribution in [-0.2, 0) is 0 Å². The lowest BCUT2D eigenvalue weighted by molar-refractivity contribution is 0.482. The summed E-state index contributed by atoms with van der Waals surface area (Å²) in [5.74, 6) is 0.241. The highest BCUT2D eigenvalue weighted by Gasteiger charge is 2.00. The van der Waals surface area contributed by atoms with E-state index < -0.39 is 0 Å². The lowest BCUT2D eigenvalue weighted by atomic mass is 10.1. The maximum Gasteiger partial charge on any atom is 0.125 e. The molecule has 0 spiro atoms. The summed E-state index contributed by atoms with van der Waals surface area (Å²) in [7, 11) is 0. The molecular weight excluding hydrogens is 186 g/mol. The van der Waals surface area contributed by atoms with Crippen LogP contribution in [0.3, 0.4) is 0 Å². The summed E-state index contributed by atoms with van der Waals surface area (Å²) in [4.78, 5) is 0. The Morgan fingerprint density at radius 3 is 2.23 bits per heavy atom. The quantitative estimate of drug-likeness (QED) is 0.635. The second-order valence-corrected chi connectivity index (χ2v) is 2.72. The Kier molecular flexibility index (Phi) is 2.63. The van der Waals surface area contributed by atoms with Gasteiger partial charge in [-0.05, 0) is 17.5 Å². The van der Waals surface area contributed by atoms with Crippen molar-refractivity contribution in [2.24, 2.45) is 0 Å². The van der Waals surface area contributed by atoms with Crippen LogP contribution in [0.2, 0.25) is 0 Å². The summed E-state index contributed by atoms with van der Waals surface area (Å²) in [6.45, 7) is 0. The molecule has 0 atom stereocenters. The van der Waals surface area contributed by atoms with Crippen molar-refractivity contribution in [3.05, 3.63) is 36.4 Å². The van der Waals surface area contributed by atoms with Gasteiger partial charge in [0.05, 0.1) is 0 Å². The summed E-state index contributed by atoms with van der Waals surface area (Å²) in [6.07, 6.45) is 0. The largest absolute Gasteiger partial charge is 0.507 e. The highest BCUT2D eigenvalue weighted by molar-refractivity contribution is 5.97. The van der Waals surface area contributed by atoms with Gasteiger partial charge in [0.25, 0.3) is 0 Å². The molecule has 3 N–H and O–H groups in total. The number of anilines is 1. The van der Waals surface area contributed by atoms with Crippen molar-refractivity contribution in [1.29, 1.82) is 0 Å². The Morgan fingerprint density at radius 2 is 1.62 bits per heavy atom. The fraction of sp³-hybridized carbons (Fsp3) is 0. The Morgan fingerprint density at radius 1 is 1.00 bits per heavy atom. The number of aromatic hydroxyl groups is 1. The molecule has 2 aromatic rings. The van der Waals surface area contributed by atoms with E-state index >= 15 is 0 Å². The smallest absolute Gasteiger partial charge is 0.125 e. The first-order valence-corrected chi connectivity index (χ1v) is 3.75. The molecular formula is C10H10ClNO. The first kappa shape index (κ1) is 9.68. The zero-order chi connectivity index (χ0) is 8.55. The lowest BCUT2D eigenvalue weighted by Crippen LogP contribution is -1.85. The van der Waals surface area contributed by atoms with Gasteiger partial charge in [-0.3, -0.25) is 0 Å². The number of phenolic OH excluding ortho intramolecular Hbond substituents is 1. The van der Waals surface area contributed by atoms with Gasteiger partial charge in [-0.1, -0.05) is 24.3 Å². The predicted molar refractivity (Wildman–Crippen MR) is 57.3 cm³/mol. The highest BCUT2D eigenvalue weighted by Crippen LogP contribution is 2.28. The molecule has 0 aliphatic rings. The molecule has 0 saturated heterocycles. The minimum Gasteiger partial charge on any atom is -0.507 e. The number of nitrogen functional groups attached to an aromatic ring is 1. The van der Waals surface area contributed by atoms with Gasteiger partial charge in [0.2, 0.25) is 0 Å². The van der Waals surface area contributed by atoms with E-state index in [4.69, 9.17) is 5.73 Å². The molecule has 0 amide bonds. The fourth-order valence-electron chi connectivity index (χ4n) is 1.35. The normalized spacial score (nSPS) is 9.54. The fourth-order valence-corrected chi connectivity index (χ4v) is 1.35. The summed E-state index contributed by atoms with van der Waals surface area (Å²) in [5.41, 5.74) is 6.31. The number of nitrogens with two attached hydrogens (primary N) is 1. The van der Waals surface area contributed by atoms with E-state index in [0.717, 1.165) is 10.8 Å². The summed E-state index contributed by atoms with van der Waals surface area (Å²) in [6, 6.07) is 10.9. The van der Waals surface area contributed by atoms with E-state index in [1.165, 1.54) is 0 Å². The van der Waals surface area contributed by atoms with Crippen LogP contribution in [0.5, 0.6) is 5.75 Å². The van der Waals surface area contributed by atoms with Gasteiger partial charge in [0, 0.05) is 11.1 Å². The highest BCUT2D eigenvalue weighted by atomic mass is 35.5. The van der Waals surface area contributed by atoms with Crippen LogP contribution >= 0.6 is 12.4 Å². The molecule has 2 aromatic carbocycles. The van der Waals surface area contributed by atoms with Crippen LogP contribution in [0.25, 0.3) is 10.8 Å². The first-order valence-electron chi connectivity index (χ1n) is 3.75. The molecule has 0 aromatic heterocycles. The van der Waals surface area contributed by atoms with Crippen molar-refractivity contribution in [3.8, 4) is 5.75 Å². The molecule has 2 rings (SSSR count). The maximum atomic E-state index is 9.47. The lowest BCUT2D eigenvalue weighted by Gasteiger charge is -2.02. The minimum atomic E-state index is 0.